The van der Waals surface area contributed by atoms with Crippen LogP contribution in [0.15, 0.2) is 65.6 Å². The molecule has 0 unspecified atom stereocenters. The summed E-state index contributed by atoms with van der Waals surface area (Å²) < 4.78 is 45.7. The highest BCUT2D eigenvalue weighted by atomic mass is 32.2. The molecule has 7 nitrogen and oxygen atoms in total. The van der Waals surface area contributed by atoms with E-state index in [0.717, 1.165) is 9.87 Å². The number of aryl methyl sites for hydroxylation is 2. The zero-order chi connectivity index (χ0) is 25.6. The van der Waals surface area contributed by atoms with E-state index in [1.807, 2.05) is 33.8 Å². The monoisotopic (exact) mass is 497 g/mol. The van der Waals surface area contributed by atoms with Crippen LogP contribution in [0.2, 0.25) is 0 Å². The van der Waals surface area contributed by atoms with Crippen LogP contribution in [0.25, 0.3) is 0 Å². The van der Waals surface area contributed by atoms with Crippen molar-refractivity contribution < 1.29 is 27.4 Å². The normalized spacial score (nSPS) is 11.1. The van der Waals surface area contributed by atoms with Gasteiger partial charge in [0.2, 0.25) is 5.75 Å². The average molecular weight is 498 g/mol. The number of rotatable bonds is 10. The van der Waals surface area contributed by atoms with Crippen LogP contribution in [0.1, 0.15) is 42.3 Å². The summed E-state index contributed by atoms with van der Waals surface area (Å²) in [5.41, 5.74) is 1.84. The van der Waals surface area contributed by atoms with Gasteiger partial charge < -0.3 is 14.2 Å². The molecular weight excluding hydrogens is 466 g/mol. The Morgan fingerprint density at radius 3 is 1.91 bits per heavy atom. The third-order valence-corrected chi connectivity index (χ3v) is 6.92. The van der Waals surface area contributed by atoms with Crippen LogP contribution < -0.4 is 18.5 Å². The summed E-state index contributed by atoms with van der Waals surface area (Å²) in [5, 5.41) is 0. The van der Waals surface area contributed by atoms with Gasteiger partial charge in [0, 0.05) is 5.56 Å². The van der Waals surface area contributed by atoms with Crippen molar-refractivity contribution in [3.63, 3.8) is 0 Å². The molecular formula is C27H31NO6S. The zero-order valence-electron chi connectivity index (χ0n) is 20.7. The number of amides is 1. The fraction of sp³-hybridized carbons (Fsp3) is 0.296. The van der Waals surface area contributed by atoms with Crippen molar-refractivity contribution >= 4 is 21.6 Å². The molecule has 3 aromatic carbocycles. The molecule has 0 N–H and O–H groups in total. The Bertz CT molecular complexity index is 1260. The summed E-state index contributed by atoms with van der Waals surface area (Å²) in [6, 6.07) is 16.2. The molecule has 0 spiro atoms. The minimum Gasteiger partial charge on any atom is -0.490 e. The summed E-state index contributed by atoms with van der Waals surface area (Å²) in [7, 11) is -4.24. The van der Waals surface area contributed by atoms with E-state index in [0.29, 0.717) is 42.6 Å². The summed E-state index contributed by atoms with van der Waals surface area (Å²) in [6.45, 7) is 10.1. The predicted molar refractivity (Wildman–Crippen MR) is 136 cm³/mol. The van der Waals surface area contributed by atoms with Crippen LogP contribution >= 0.6 is 0 Å². The maximum atomic E-state index is 14.0. The summed E-state index contributed by atoms with van der Waals surface area (Å²) in [4.78, 5) is 14.0. The first-order valence-electron chi connectivity index (χ1n) is 11.5. The van der Waals surface area contributed by atoms with Crippen LogP contribution in [-0.2, 0) is 10.0 Å². The molecule has 1 amide bonds. The van der Waals surface area contributed by atoms with Gasteiger partial charge in [-0.25, -0.2) is 8.42 Å². The number of carbonyl (C=O) groups is 1. The topological polar surface area (TPSA) is 82.1 Å². The molecule has 35 heavy (non-hydrogen) atoms. The highest BCUT2D eigenvalue weighted by molar-refractivity contribution is 7.93. The molecule has 0 heterocycles. The van der Waals surface area contributed by atoms with Crippen LogP contribution in [0, 0.1) is 13.8 Å². The lowest BCUT2D eigenvalue weighted by atomic mass is 10.1. The fourth-order valence-electron chi connectivity index (χ4n) is 3.61. The second-order valence-corrected chi connectivity index (χ2v) is 9.56. The standard InChI is InChI=1S/C27H31NO6S/c1-6-32-24-17-21(18-25(33-7-2)26(24)34-8-3)27(29)28(23-16-19(4)14-15-20(23)5)35(30,31)22-12-10-9-11-13-22/h9-18H,6-8H2,1-5H3. The van der Waals surface area contributed by atoms with Gasteiger partial charge in [0.1, 0.15) is 0 Å². The molecule has 8 heteroatoms. The van der Waals surface area contributed by atoms with Crippen LogP contribution in [0.5, 0.6) is 17.2 Å². The number of nitrogens with zero attached hydrogens (tertiary/aromatic N) is 1. The average Bonchev–Trinajstić information content (AvgIpc) is 2.84. The van der Waals surface area contributed by atoms with Gasteiger partial charge in [0.05, 0.1) is 30.4 Å². The maximum absolute atomic E-state index is 14.0. The number of anilines is 1. The van der Waals surface area contributed by atoms with E-state index in [2.05, 4.69) is 0 Å². The quantitative estimate of drug-likeness (QED) is 0.366. The van der Waals surface area contributed by atoms with Gasteiger partial charge in [-0.15, -0.1) is 0 Å². The van der Waals surface area contributed by atoms with Gasteiger partial charge in [-0.1, -0.05) is 30.3 Å². The highest BCUT2D eigenvalue weighted by Crippen LogP contribution is 2.40. The van der Waals surface area contributed by atoms with E-state index in [1.54, 1.807) is 37.3 Å². The van der Waals surface area contributed by atoms with Crippen LogP contribution in [0.3, 0.4) is 0 Å². The Morgan fingerprint density at radius 1 is 0.800 bits per heavy atom. The lowest BCUT2D eigenvalue weighted by Gasteiger charge is -2.25. The summed E-state index contributed by atoms with van der Waals surface area (Å²) >= 11 is 0. The third kappa shape index (κ3) is 5.59. The van der Waals surface area contributed by atoms with E-state index in [9.17, 15) is 13.2 Å². The van der Waals surface area contributed by atoms with E-state index in [4.69, 9.17) is 14.2 Å². The molecule has 0 aliphatic heterocycles. The smallest absolute Gasteiger partial charge is 0.272 e. The Balaban J connectivity index is 2.27. The number of sulfonamides is 1. The van der Waals surface area contributed by atoms with Crippen molar-refractivity contribution in [2.75, 3.05) is 24.1 Å². The molecule has 0 radical (unpaired) electrons. The Hall–Kier alpha value is -3.52. The molecule has 0 saturated heterocycles. The van der Waals surface area contributed by atoms with Crippen LogP contribution in [0.4, 0.5) is 5.69 Å². The number of hydrogen-bond acceptors (Lipinski definition) is 6. The van der Waals surface area contributed by atoms with E-state index >= 15 is 0 Å². The maximum Gasteiger partial charge on any atom is 0.272 e. The molecule has 0 aliphatic carbocycles. The SMILES string of the molecule is CCOc1cc(C(=O)N(c2cc(C)ccc2C)S(=O)(=O)c2ccccc2)cc(OCC)c1OCC. The molecule has 186 valence electrons. The Labute approximate surface area is 207 Å². The first kappa shape index (κ1) is 26.1. The van der Waals surface area contributed by atoms with Gasteiger partial charge in [-0.3, -0.25) is 4.79 Å². The van der Waals surface area contributed by atoms with E-state index < -0.39 is 15.9 Å². The van der Waals surface area contributed by atoms with Crippen LogP contribution in [-0.4, -0.2) is 34.1 Å². The molecule has 0 saturated carbocycles. The van der Waals surface area contributed by atoms with Crippen molar-refractivity contribution in [3.8, 4) is 17.2 Å². The highest BCUT2D eigenvalue weighted by Gasteiger charge is 2.34. The van der Waals surface area contributed by atoms with Gasteiger partial charge in [-0.2, -0.15) is 4.31 Å². The van der Waals surface area contributed by atoms with Crippen molar-refractivity contribution in [2.24, 2.45) is 0 Å². The van der Waals surface area contributed by atoms with Crippen molar-refractivity contribution in [2.45, 2.75) is 39.5 Å². The van der Waals surface area contributed by atoms with Gasteiger partial charge >= 0.3 is 0 Å². The lowest BCUT2D eigenvalue weighted by Crippen LogP contribution is -2.37. The fourth-order valence-corrected chi connectivity index (χ4v) is 5.10. The minimum atomic E-state index is -4.24. The third-order valence-electron chi connectivity index (χ3n) is 5.21. The molecule has 3 aromatic rings. The van der Waals surface area contributed by atoms with Gasteiger partial charge in [-0.05, 0) is 76.1 Å². The number of carbonyl (C=O) groups excluding carboxylic acids is 1. The van der Waals surface area contributed by atoms with Crippen molar-refractivity contribution in [1.82, 2.24) is 0 Å². The lowest BCUT2D eigenvalue weighted by molar-refractivity contribution is 0.100. The van der Waals surface area contributed by atoms with Crippen molar-refractivity contribution in [1.29, 1.82) is 0 Å². The number of hydrogen-bond donors (Lipinski definition) is 0. The molecule has 0 aliphatic rings. The molecule has 0 fully saturated rings. The minimum absolute atomic E-state index is 0.00950. The zero-order valence-corrected chi connectivity index (χ0v) is 21.5. The van der Waals surface area contributed by atoms with Gasteiger partial charge in [0.25, 0.3) is 15.9 Å². The van der Waals surface area contributed by atoms with Gasteiger partial charge in [0.15, 0.2) is 11.5 Å². The van der Waals surface area contributed by atoms with E-state index in [-0.39, 0.29) is 16.1 Å². The number of ether oxygens (including phenoxy) is 3. The largest absolute Gasteiger partial charge is 0.490 e. The molecule has 0 aromatic heterocycles. The second-order valence-electron chi connectivity index (χ2n) is 7.78. The van der Waals surface area contributed by atoms with E-state index in [1.165, 1.54) is 24.3 Å². The number of benzene rings is 3. The summed E-state index contributed by atoms with van der Waals surface area (Å²) in [6.07, 6.45) is 0. The first-order valence-corrected chi connectivity index (χ1v) is 13.0. The summed E-state index contributed by atoms with van der Waals surface area (Å²) in [5.74, 6) is 0.257. The van der Waals surface area contributed by atoms with Crippen molar-refractivity contribution in [3.05, 3.63) is 77.4 Å². The second kappa shape index (κ2) is 11.3. The first-order chi connectivity index (χ1) is 16.7. The molecule has 3 rings (SSSR count). The molecule has 0 atom stereocenters. The molecule has 0 bridgehead atoms. The Morgan fingerprint density at radius 2 is 1.37 bits per heavy atom. The Kier molecular flexibility index (Phi) is 8.40. The predicted octanol–water partition coefficient (Wildman–Crippen LogP) is 5.54.